The second-order valence-corrected chi connectivity index (χ2v) is 6.44. The Balaban J connectivity index is 1.78. The minimum atomic E-state index is 0.774. The number of anilines is 1. The van der Waals surface area contributed by atoms with E-state index >= 15 is 0 Å². The van der Waals surface area contributed by atoms with Crippen LogP contribution in [0.15, 0.2) is 46.0 Å². The summed E-state index contributed by atoms with van der Waals surface area (Å²) < 4.78 is 6.20. The van der Waals surface area contributed by atoms with Crippen molar-refractivity contribution < 1.29 is 4.74 Å². The minimum Gasteiger partial charge on any atom is -0.497 e. The molecule has 0 fully saturated rings. The molecule has 0 unspecified atom stereocenters. The Labute approximate surface area is 135 Å². The molecule has 6 heteroatoms. The molecule has 3 N–H and O–H groups in total. The number of nitrogens with one attached hydrogen (secondary N) is 1. The van der Waals surface area contributed by atoms with Gasteiger partial charge in [-0.15, -0.1) is 0 Å². The van der Waals surface area contributed by atoms with Crippen LogP contribution in [-0.2, 0) is 5.75 Å². The monoisotopic (exact) mass is 363 g/mol. The van der Waals surface area contributed by atoms with Gasteiger partial charge in [-0.3, -0.25) is 0 Å². The molecule has 0 aliphatic heterocycles. The lowest BCUT2D eigenvalue weighted by Gasteiger charge is -2.04. The molecule has 0 bridgehead atoms. The lowest BCUT2D eigenvalue weighted by molar-refractivity contribution is 0.415. The van der Waals surface area contributed by atoms with Crippen molar-refractivity contribution in [2.75, 3.05) is 12.8 Å². The first kappa shape index (κ1) is 14.3. The van der Waals surface area contributed by atoms with Gasteiger partial charge in [0, 0.05) is 22.0 Å². The third kappa shape index (κ3) is 3.16. The summed E-state index contributed by atoms with van der Waals surface area (Å²) in [4.78, 5) is 7.85. The number of hydrogen-bond donors (Lipinski definition) is 2. The zero-order valence-corrected chi connectivity index (χ0v) is 13.8. The summed E-state index contributed by atoms with van der Waals surface area (Å²) in [5.74, 6) is 1.59. The predicted octanol–water partition coefficient (Wildman–Crippen LogP) is 4.21. The van der Waals surface area contributed by atoms with Crippen LogP contribution < -0.4 is 10.5 Å². The predicted molar refractivity (Wildman–Crippen MR) is 90.8 cm³/mol. The van der Waals surface area contributed by atoms with E-state index in [-0.39, 0.29) is 0 Å². The fourth-order valence-electron chi connectivity index (χ4n) is 2.00. The van der Waals surface area contributed by atoms with Crippen LogP contribution in [0, 0.1) is 0 Å². The van der Waals surface area contributed by atoms with Crippen LogP contribution in [0.2, 0.25) is 0 Å². The van der Waals surface area contributed by atoms with Crippen molar-refractivity contribution in [1.82, 2.24) is 9.97 Å². The van der Waals surface area contributed by atoms with Gasteiger partial charge in [0.05, 0.1) is 18.1 Å². The first-order valence-corrected chi connectivity index (χ1v) is 8.14. The van der Waals surface area contributed by atoms with Crippen molar-refractivity contribution in [1.29, 1.82) is 0 Å². The fraction of sp³-hybridized carbons (Fsp3) is 0.133. The molecule has 0 aliphatic carbocycles. The van der Waals surface area contributed by atoms with Crippen LogP contribution in [0.25, 0.3) is 11.0 Å². The molecule has 1 aromatic heterocycles. The van der Waals surface area contributed by atoms with Gasteiger partial charge in [-0.1, -0.05) is 33.8 Å². The largest absolute Gasteiger partial charge is 0.497 e. The number of benzene rings is 2. The first-order chi connectivity index (χ1) is 10.2. The maximum absolute atomic E-state index is 6.01. The fourth-order valence-corrected chi connectivity index (χ4v) is 3.28. The Bertz CT molecular complexity index is 788. The standard InChI is InChI=1S/C15H14BrN3OS/c1-20-11-4-5-13-14(7-11)19-15(18-13)21-8-9-2-3-10(16)6-12(9)17/h2-7H,8,17H2,1H3,(H,18,19). The van der Waals surface area contributed by atoms with Gasteiger partial charge in [0.2, 0.25) is 0 Å². The number of nitrogens with two attached hydrogens (primary N) is 1. The maximum atomic E-state index is 6.01. The molecule has 4 nitrogen and oxygen atoms in total. The minimum absolute atomic E-state index is 0.774. The van der Waals surface area contributed by atoms with Crippen LogP contribution >= 0.6 is 27.7 Å². The summed E-state index contributed by atoms with van der Waals surface area (Å²) in [6.45, 7) is 0. The van der Waals surface area contributed by atoms with E-state index in [1.54, 1.807) is 18.9 Å². The summed E-state index contributed by atoms with van der Waals surface area (Å²) in [5.41, 5.74) is 9.80. The number of fused-ring (bicyclic) bond motifs is 1. The lowest BCUT2D eigenvalue weighted by Crippen LogP contribution is -1.92. The number of hydrogen-bond acceptors (Lipinski definition) is 4. The molecule has 0 radical (unpaired) electrons. The van der Waals surface area contributed by atoms with Gasteiger partial charge >= 0.3 is 0 Å². The van der Waals surface area contributed by atoms with Crippen LogP contribution in [0.1, 0.15) is 5.56 Å². The Hall–Kier alpha value is -1.66. The number of H-pyrrole nitrogens is 1. The Morgan fingerprint density at radius 2 is 2.14 bits per heavy atom. The van der Waals surface area contributed by atoms with E-state index in [4.69, 9.17) is 10.5 Å². The second kappa shape index (κ2) is 5.99. The van der Waals surface area contributed by atoms with Crippen molar-refractivity contribution in [3.63, 3.8) is 0 Å². The third-order valence-corrected chi connectivity index (χ3v) is 4.56. The number of halogens is 1. The van der Waals surface area contributed by atoms with E-state index in [9.17, 15) is 0 Å². The average Bonchev–Trinajstić information content (AvgIpc) is 2.88. The van der Waals surface area contributed by atoms with E-state index in [0.717, 1.165) is 43.4 Å². The molecular formula is C15H14BrN3OS. The first-order valence-electron chi connectivity index (χ1n) is 6.36. The van der Waals surface area contributed by atoms with Crippen molar-refractivity contribution in [2.24, 2.45) is 0 Å². The number of rotatable bonds is 4. The van der Waals surface area contributed by atoms with E-state index in [1.165, 1.54) is 0 Å². The highest BCUT2D eigenvalue weighted by Gasteiger charge is 2.06. The summed E-state index contributed by atoms with van der Waals surface area (Å²) in [7, 11) is 1.66. The van der Waals surface area contributed by atoms with Crippen LogP contribution in [0.4, 0.5) is 5.69 Å². The molecule has 3 aromatic rings. The molecule has 21 heavy (non-hydrogen) atoms. The number of methoxy groups -OCH3 is 1. The third-order valence-electron chi connectivity index (χ3n) is 3.14. The number of ether oxygens (including phenoxy) is 1. The van der Waals surface area contributed by atoms with Gasteiger partial charge in [0.15, 0.2) is 5.16 Å². The highest BCUT2D eigenvalue weighted by atomic mass is 79.9. The van der Waals surface area contributed by atoms with Gasteiger partial charge in [-0.2, -0.15) is 0 Å². The van der Waals surface area contributed by atoms with Crippen molar-refractivity contribution in [2.45, 2.75) is 10.9 Å². The highest BCUT2D eigenvalue weighted by molar-refractivity contribution is 9.10. The molecule has 0 aliphatic rings. The van der Waals surface area contributed by atoms with E-state index < -0.39 is 0 Å². The topological polar surface area (TPSA) is 63.9 Å². The molecule has 0 amide bonds. The zero-order chi connectivity index (χ0) is 14.8. The van der Waals surface area contributed by atoms with Crippen LogP contribution in [0.5, 0.6) is 5.75 Å². The Morgan fingerprint density at radius 3 is 2.90 bits per heavy atom. The van der Waals surface area contributed by atoms with Gasteiger partial charge < -0.3 is 15.5 Å². The van der Waals surface area contributed by atoms with Gasteiger partial charge in [-0.25, -0.2) is 4.98 Å². The number of thioether (sulfide) groups is 1. The summed E-state index contributed by atoms with van der Waals surface area (Å²) >= 11 is 5.04. The second-order valence-electron chi connectivity index (χ2n) is 4.56. The summed E-state index contributed by atoms with van der Waals surface area (Å²) in [6, 6.07) is 11.7. The number of aromatic nitrogens is 2. The molecular weight excluding hydrogens is 350 g/mol. The highest BCUT2D eigenvalue weighted by Crippen LogP contribution is 2.28. The molecule has 2 aromatic carbocycles. The zero-order valence-electron chi connectivity index (χ0n) is 11.4. The molecule has 0 saturated heterocycles. The normalized spacial score (nSPS) is 11.0. The van der Waals surface area contributed by atoms with E-state index in [1.807, 2.05) is 36.4 Å². The van der Waals surface area contributed by atoms with Crippen LogP contribution in [-0.4, -0.2) is 17.1 Å². The molecule has 0 saturated carbocycles. The summed E-state index contributed by atoms with van der Waals surface area (Å²) in [5, 5.41) is 0.876. The Morgan fingerprint density at radius 1 is 1.29 bits per heavy atom. The molecule has 108 valence electrons. The Kier molecular flexibility index (Phi) is 4.07. The molecule has 1 heterocycles. The number of nitrogens with zero attached hydrogens (tertiary/aromatic N) is 1. The van der Waals surface area contributed by atoms with Crippen molar-refractivity contribution >= 4 is 44.4 Å². The van der Waals surface area contributed by atoms with Crippen molar-refractivity contribution in [3.05, 3.63) is 46.4 Å². The van der Waals surface area contributed by atoms with Crippen LogP contribution in [0.3, 0.4) is 0 Å². The van der Waals surface area contributed by atoms with Crippen molar-refractivity contribution in [3.8, 4) is 5.75 Å². The van der Waals surface area contributed by atoms with E-state index in [2.05, 4.69) is 25.9 Å². The molecule has 0 atom stereocenters. The molecule has 0 spiro atoms. The van der Waals surface area contributed by atoms with Gasteiger partial charge in [0.1, 0.15) is 5.75 Å². The SMILES string of the molecule is COc1ccc2nc(SCc3ccc(Br)cc3N)[nH]c2c1. The number of imidazole rings is 1. The van der Waals surface area contributed by atoms with E-state index in [0.29, 0.717) is 0 Å². The summed E-state index contributed by atoms with van der Waals surface area (Å²) in [6.07, 6.45) is 0. The smallest absolute Gasteiger partial charge is 0.166 e. The lowest BCUT2D eigenvalue weighted by atomic mass is 10.2. The maximum Gasteiger partial charge on any atom is 0.166 e. The molecule has 3 rings (SSSR count). The average molecular weight is 364 g/mol. The quantitative estimate of drug-likeness (QED) is 0.538. The van der Waals surface area contributed by atoms with Gasteiger partial charge in [-0.05, 0) is 29.8 Å². The number of aromatic amines is 1. The van der Waals surface area contributed by atoms with Gasteiger partial charge in [0.25, 0.3) is 0 Å². The number of nitrogen functional groups attached to an aromatic ring is 1.